The number of carbonyl (C=O) groups excluding carboxylic acids is 1. The third-order valence-electron chi connectivity index (χ3n) is 3.22. The summed E-state index contributed by atoms with van der Waals surface area (Å²) in [6, 6.07) is 12.1. The highest BCUT2D eigenvalue weighted by molar-refractivity contribution is 7.99. The quantitative estimate of drug-likeness (QED) is 0.657. The summed E-state index contributed by atoms with van der Waals surface area (Å²) in [7, 11) is 0. The fourth-order valence-corrected chi connectivity index (χ4v) is 2.85. The summed E-state index contributed by atoms with van der Waals surface area (Å²) in [5, 5.41) is 24.0. The van der Waals surface area contributed by atoms with Crippen LogP contribution in [-0.4, -0.2) is 37.0 Å². The van der Waals surface area contributed by atoms with E-state index in [0.29, 0.717) is 22.3 Å². The van der Waals surface area contributed by atoms with Crippen molar-refractivity contribution >= 4 is 23.4 Å². The lowest BCUT2D eigenvalue weighted by Crippen LogP contribution is -2.12. The highest BCUT2D eigenvalue weighted by Gasteiger charge is 2.10. The smallest absolute Gasteiger partial charge is 0.225 e. The number of hydrogen-bond acceptors (Lipinski definition) is 6. The van der Waals surface area contributed by atoms with E-state index in [9.17, 15) is 14.3 Å². The molecule has 0 aliphatic heterocycles. The van der Waals surface area contributed by atoms with Crippen molar-refractivity contribution < 1.29 is 14.3 Å². The van der Waals surface area contributed by atoms with Gasteiger partial charge in [0.1, 0.15) is 11.6 Å². The molecule has 0 fully saturated rings. The summed E-state index contributed by atoms with van der Waals surface area (Å²) in [5.41, 5.74) is 1.26. The topological polar surface area (TPSA) is 92.9 Å². The largest absolute Gasteiger partial charge is 0.508 e. The molecule has 0 spiro atoms. The normalized spacial score (nSPS) is 10.6. The molecule has 1 heterocycles. The Balaban J connectivity index is 1.54. The van der Waals surface area contributed by atoms with Crippen molar-refractivity contribution in [2.45, 2.75) is 11.6 Å². The molecular formula is C16H14FN5O2S. The number of halogens is 1. The summed E-state index contributed by atoms with van der Waals surface area (Å²) >= 11 is 1.34. The van der Waals surface area contributed by atoms with Crippen molar-refractivity contribution in [3.05, 3.63) is 54.3 Å². The first kappa shape index (κ1) is 16.9. The molecule has 2 N–H and O–H groups in total. The van der Waals surface area contributed by atoms with Crippen LogP contribution in [0.1, 0.15) is 6.42 Å². The zero-order chi connectivity index (χ0) is 17.6. The average molecular weight is 359 g/mol. The molecule has 0 saturated heterocycles. The average Bonchev–Trinajstić information content (AvgIpc) is 3.06. The van der Waals surface area contributed by atoms with Gasteiger partial charge >= 0.3 is 0 Å². The minimum atomic E-state index is -0.352. The van der Waals surface area contributed by atoms with E-state index in [4.69, 9.17) is 0 Å². The first-order valence-electron chi connectivity index (χ1n) is 7.38. The number of hydrogen-bond donors (Lipinski definition) is 2. The minimum Gasteiger partial charge on any atom is -0.508 e. The number of amides is 1. The van der Waals surface area contributed by atoms with Crippen molar-refractivity contribution in [1.29, 1.82) is 0 Å². The summed E-state index contributed by atoms with van der Waals surface area (Å²) < 4.78 is 14.4. The molecule has 2 aromatic carbocycles. The maximum absolute atomic E-state index is 12.8. The van der Waals surface area contributed by atoms with Crippen LogP contribution >= 0.6 is 11.8 Å². The second kappa shape index (κ2) is 7.75. The van der Waals surface area contributed by atoms with E-state index >= 15 is 0 Å². The van der Waals surface area contributed by atoms with Crippen LogP contribution in [0.15, 0.2) is 53.7 Å². The molecule has 9 heteroatoms. The molecule has 128 valence electrons. The summed E-state index contributed by atoms with van der Waals surface area (Å²) in [4.78, 5) is 11.9. The molecule has 0 aliphatic carbocycles. The molecule has 0 atom stereocenters. The number of benzene rings is 2. The van der Waals surface area contributed by atoms with E-state index in [1.165, 1.54) is 40.7 Å². The van der Waals surface area contributed by atoms with Crippen LogP contribution in [0.2, 0.25) is 0 Å². The maximum atomic E-state index is 12.8. The molecule has 3 rings (SSSR count). The Morgan fingerprint density at radius 2 is 1.88 bits per heavy atom. The summed E-state index contributed by atoms with van der Waals surface area (Å²) in [5.74, 6) is 0.103. The van der Waals surface area contributed by atoms with Gasteiger partial charge in [-0.2, -0.15) is 4.68 Å². The van der Waals surface area contributed by atoms with E-state index in [2.05, 4.69) is 20.8 Å². The Hall–Kier alpha value is -2.94. The molecule has 25 heavy (non-hydrogen) atoms. The van der Waals surface area contributed by atoms with E-state index in [-0.39, 0.29) is 23.9 Å². The molecule has 0 radical (unpaired) electrons. The van der Waals surface area contributed by atoms with Gasteiger partial charge in [-0.25, -0.2) is 4.39 Å². The van der Waals surface area contributed by atoms with Gasteiger partial charge in [-0.1, -0.05) is 11.8 Å². The van der Waals surface area contributed by atoms with E-state index < -0.39 is 0 Å². The van der Waals surface area contributed by atoms with Crippen molar-refractivity contribution in [2.75, 3.05) is 11.1 Å². The SMILES string of the molecule is O=C(CCSc1nnnn1-c1ccc(O)cc1)Nc1ccc(F)cc1. The van der Waals surface area contributed by atoms with Gasteiger partial charge in [0, 0.05) is 17.9 Å². The molecule has 7 nitrogen and oxygen atoms in total. The van der Waals surface area contributed by atoms with Gasteiger partial charge in [0.2, 0.25) is 11.1 Å². The molecule has 3 aromatic rings. The number of nitrogens with zero attached hydrogens (tertiary/aromatic N) is 4. The fourth-order valence-electron chi connectivity index (χ4n) is 2.02. The summed E-state index contributed by atoms with van der Waals surface area (Å²) in [6.07, 6.45) is 0.254. The molecule has 0 saturated carbocycles. The van der Waals surface area contributed by atoms with E-state index in [1.807, 2.05) is 0 Å². The number of aromatic nitrogens is 4. The Morgan fingerprint density at radius 1 is 1.16 bits per heavy atom. The highest BCUT2D eigenvalue weighted by Crippen LogP contribution is 2.20. The number of phenols is 1. The Morgan fingerprint density at radius 3 is 2.60 bits per heavy atom. The third kappa shape index (κ3) is 4.54. The van der Waals surface area contributed by atoms with Crippen LogP contribution in [-0.2, 0) is 4.79 Å². The zero-order valence-electron chi connectivity index (χ0n) is 13.0. The van der Waals surface area contributed by atoms with Crippen LogP contribution in [0, 0.1) is 5.82 Å². The predicted molar refractivity (Wildman–Crippen MR) is 91.2 cm³/mol. The first-order chi connectivity index (χ1) is 12.1. The fraction of sp³-hybridized carbons (Fsp3) is 0.125. The zero-order valence-corrected chi connectivity index (χ0v) is 13.8. The molecule has 1 aromatic heterocycles. The number of phenolic OH excluding ortho intramolecular Hbond substituents is 1. The van der Waals surface area contributed by atoms with Gasteiger partial charge in [0.25, 0.3) is 0 Å². The number of anilines is 1. The minimum absolute atomic E-state index is 0.156. The molecule has 1 amide bonds. The lowest BCUT2D eigenvalue weighted by atomic mass is 10.3. The first-order valence-corrected chi connectivity index (χ1v) is 8.36. The van der Waals surface area contributed by atoms with Crippen molar-refractivity contribution in [1.82, 2.24) is 20.2 Å². The van der Waals surface area contributed by atoms with Crippen molar-refractivity contribution in [3.8, 4) is 11.4 Å². The van der Waals surface area contributed by atoms with Crippen LogP contribution in [0.3, 0.4) is 0 Å². The summed E-state index contributed by atoms with van der Waals surface area (Å²) in [6.45, 7) is 0. The standard InChI is InChI=1S/C16H14FN5O2S/c17-11-1-3-12(4-2-11)18-15(24)9-10-25-16-19-20-21-22(16)13-5-7-14(23)8-6-13/h1-8,23H,9-10H2,(H,18,24). The predicted octanol–water partition coefficient (Wildman–Crippen LogP) is 2.63. The van der Waals surface area contributed by atoms with Gasteiger partial charge in [0.05, 0.1) is 5.69 Å². The highest BCUT2D eigenvalue weighted by atomic mass is 32.2. The number of thioether (sulfide) groups is 1. The van der Waals surface area contributed by atoms with Crippen molar-refractivity contribution in [2.24, 2.45) is 0 Å². The third-order valence-corrected chi connectivity index (χ3v) is 4.14. The van der Waals surface area contributed by atoms with Gasteiger partial charge in [0.15, 0.2) is 0 Å². The van der Waals surface area contributed by atoms with Crippen molar-refractivity contribution in [3.63, 3.8) is 0 Å². The number of rotatable bonds is 6. The molecule has 0 unspecified atom stereocenters. The molecular weight excluding hydrogens is 345 g/mol. The van der Waals surface area contributed by atoms with Gasteiger partial charge < -0.3 is 10.4 Å². The van der Waals surface area contributed by atoms with Crippen LogP contribution in [0.4, 0.5) is 10.1 Å². The lowest BCUT2D eigenvalue weighted by molar-refractivity contribution is -0.115. The number of tetrazole rings is 1. The number of aromatic hydroxyl groups is 1. The second-order valence-corrected chi connectivity index (χ2v) is 6.11. The maximum Gasteiger partial charge on any atom is 0.225 e. The second-order valence-electron chi connectivity index (χ2n) is 5.04. The van der Waals surface area contributed by atoms with Crippen LogP contribution in [0.25, 0.3) is 5.69 Å². The van der Waals surface area contributed by atoms with E-state index in [0.717, 1.165) is 0 Å². The Labute approximate surface area is 146 Å². The molecule has 0 aliphatic rings. The lowest BCUT2D eigenvalue weighted by Gasteiger charge is -2.06. The Bertz CT molecular complexity index is 852. The van der Waals surface area contributed by atoms with Crippen LogP contribution in [0.5, 0.6) is 5.75 Å². The van der Waals surface area contributed by atoms with Gasteiger partial charge in [-0.05, 0) is 59.0 Å². The van der Waals surface area contributed by atoms with Gasteiger partial charge in [-0.15, -0.1) is 5.10 Å². The Kier molecular flexibility index (Phi) is 5.24. The monoisotopic (exact) mass is 359 g/mol. The molecule has 0 bridgehead atoms. The number of nitrogens with one attached hydrogen (secondary N) is 1. The number of carbonyl (C=O) groups is 1. The van der Waals surface area contributed by atoms with Gasteiger partial charge in [-0.3, -0.25) is 4.79 Å². The van der Waals surface area contributed by atoms with Crippen LogP contribution < -0.4 is 5.32 Å². The van der Waals surface area contributed by atoms with E-state index in [1.54, 1.807) is 24.3 Å².